The molecule has 0 spiro atoms. The van der Waals surface area contributed by atoms with Crippen molar-refractivity contribution >= 4 is 0 Å². The molecule has 0 heterocycles. The van der Waals surface area contributed by atoms with Crippen LogP contribution in [0.2, 0.25) is 0 Å². The summed E-state index contributed by atoms with van der Waals surface area (Å²) >= 11 is 0. The molecule has 3 nitrogen and oxygen atoms in total. The molecule has 1 aromatic rings. The van der Waals surface area contributed by atoms with Gasteiger partial charge >= 0.3 is 0 Å². The lowest BCUT2D eigenvalue weighted by molar-refractivity contribution is 0.0855. The lowest BCUT2D eigenvalue weighted by Crippen LogP contribution is -2.31. The van der Waals surface area contributed by atoms with E-state index in [2.05, 4.69) is 26.8 Å². The van der Waals surface area contributed by atoms with Gasteiger partial charge in [0.1, 0.15) is 11.9 Å². The van der Waals surface area contributed by atoms with Crippen LogP contribution in [0.3, 0.4) is 0 Å². The highest BCUT2D eigenvalue weighted by atomic mass is 16.5. The average Bonchev–Trinajstić information content (AvgIpc) is 2.24. The molecule has 0 amide bonds. The second-order valence-corrected chi connectivity index (χ2v) is 4.14. The first-order valence-corrected chi connectivity index (χ1v) is 5.52. The number of hydrogen-bond acceptors (Lipinski definition) is 3. The highest BCUT2D eigenvalue weighted by Crippen LogP contribution is 2.24. The second-order valence-electron chi connectivity index (χ2n) is 4.14. The Balaban J connectivity index is 2.87. The van der Waals surface area contributed by atoms with E-state index in [-0.39, 0.29) is 6.10 Å². The maximum atomic E-state index is 5.85. The third kappa shape index (κ3) is 3.22. The largest absolute Gasteiger partial charge is 0.486 e. The number of ether oxygens (including phenoxy) is 2. The molecule has 0 aliphatic carbocycles. The number of aryl methyl sites for hydroxylation is 2. The third-order valence-electron chi connectivity index (χ3n) is 2.67. The molecule has 0 bridgehead atoms. The van der Waals surface area contributed by atoms with E-state index < -0.39 is 0 Å². The SMILES string of the molecule is COCC(CN)Oc1cc(C)cc(C)c1C. The Labute approximate surface area is 97.6 Å². The van der Waals surface area contributed by atoms with Gasteiger partial charge in [0, 0.05) is 13.7 Å². The molecule has 0 fully saturated rings. The van der Waals surface area contributed by atoms with Gasteiger partial charge in [-0.3, -0.25) is 0 Å². The van der Waals surface area contributed by atoms with Gasteiger partial charge in [-0.15, -0.1) is 0 Å². The van der Waals surface area contributed by atoms with Crippen LogP contribution in [0.25, 0.3) is 0 Å². The maximum absolute atomic E-state index is 5.85. The first-order valence-electron chi connectivity index (χ1n) is 5.52. The van der Waals surface area contributed by atoms with Gasteiger partial charge in [-0.1, -0.05) is 6.07 Å². The van der Waals surface area contributed by atoms with Gasteiger partial charge in [-0.2, -0.15) is 0 Å². The molecule has 1 aromatic carbocycles. The van der Waals surface area contributed by atoms with Crippen molar-refractivity contribution in [2.45, 2.75) is 26.9 Å². The lowest BCUT2D eigenvalue weighted by atomic mass is 10.1. The quantitative estimate of drug-likeness (QED) is 0.830. The number of benzene rings is 1. The van der Waals surface area contributed by atoms with E-state index in [1.54, 1.807) is 7.11 Å². The molecular formula is C13H21NO2. The van der Waals surface area contributed by atoms with Crippen LogP contribution < -0.4 is 10.5 Å². The van der Waals surface area contributed by atoms with E-state index in [0.717, 1.165) is 5.75 Å². The molecule has 1 rings (SSSR count). The molecule has 0 aromatic heterocycles. The molecule has 1 atom stereocenters. The summed E-state index contributed by atoms with van der Waals surface area (Å²) in [6.07, 6.45) is -0.0788. The van der Waals surface area contributed by atoms with E-state index in [0.29, 0.717) is 13.2 Å². The Morgan fingerprint density at radius 2 is 1.94 bits per heavy atom. The first kappa shape index (κ1) is 13.0. The van der Waals surface area contributed by atoms with Crippen molar-refractivity contribution in [2.24, 2.45) is 5.73 Å². The number of nitrogens with two attached hydrogens (primary N) is 1. The van der Waals surface area contributed by atoms with E-state index in [1.165, 1.54) is 16.7 Å². The van der Waals surface area contributed by atoms with Crippen molar-refractivity contribution in [3.63, 3.8) is 0 Å². The van der Waals surface area contributed by atoms with Gasteiger partial charge in [-0.25, -0.2) is 0 Å². The van der Waals surface area contributed by atoms with Gasteiger partial charge in [-0.05, 0) is 43.5 Å². The summed E-state index contributed by atoms with van der Waals surface area (Å²) in [5.41, 5.74) is 9.23. The second kappa shape index (κ2) is 5.87. The fourth-order valence-electron chi connectivity index (χ4n) is 1.64. The normalized spacial score (nSPS) is 12.6. The van der Waals surface area contributed by atoms with Crippen molar-refractivity contribution in [3.05, 3.63) is 28.8 Å². The van der Waals surface area contributed by atoms with E-state index in [9.17, 15) is 0 Å². The molecule has 90 valence electrons. The Bertz CT molecular complexity index is 350. The Morgan fingerprint density at radius 3 is 2.50 bits per heavy atom. The molecule has 16 heavy (non-hydrogen) atoms. The summed E-state index contributed by atoms with van der Waals surface area (Å²) < 4.78 is 10.9. The van der Waals surface area contributed by atoms with Gasteiger partial charge in [0.25, 0.3) is 0 Å². The minimum Gasteiger partial charge on any atom is -0.486 e. The van der Waals surface area contributed by atoms with Crippen LogP contribution in [0, 0.1) is 20.8 Å². The number of rotatable bonds is 5. The van der Waals surface area contributed by atoms with Gasteiger partial charge in [0.05, 0.1) is 6.61 Å². The van der Waals surface area contributed by atoms with Crippen molar-refractivity contribution in [1.82, 2.24) is 0 Å². The molecule has 1 unspecified atom stereocenters. The average molecular weight is 223 g/mol. The van der Waals surface area contributed by atoms with Crippen LogP contribution >= 0.6 is 0 Å². The van der Waals surface area contributed by atoms with Crippen molar-refractivity contribution in [1.29, 1.82) is 0 Å². The van der Waals surface area contributed by atoms with E-state index in [4.69, 9.17) is 15.2 Å². The Kier molecular flexibility index (Phi) is 4.77. The summed E-state index contributed by atoms with van der Waals surface area (Å²) in [7, 11) is 1.65. The van der Waals surface area contributed by atoms with Crippen LogP contribution in [0.1, 0.15) is 16.7 Å². The standard InChI is InChI=1S/C13H21NO2/c1-9-5-10(2)11(3)13(6-9)16-12(7-14)8-15-4/h5-6,12H,7-8,14H2,1-4H3. The van der Waals surface area contributed by atoms with E-state index >= 15 is 0 Å². The highest BCUT2D eigenvalue weighted by Gasteiger charge is 2.11. The van der Waals surface area contributed by atoms with Crippen molar-refractivity contribution in [3.8, 4) is 5.75 Å². The van der Waals surface area contributed by atoms with Crippen LogP contribution in [-0.2, 0) is 4.74 Å². The third-order valence-corrected chi connectivity index (χ3v) is 2.67. The summed E-state index contributed by atoms with van der Waals surface area (Å²) in [4.78, 5) is 0. The van der Waals surface area contributed by atoms with Crippen LogP contribution in [0.5, 0.6) is 5.75 Å². The molecule has 0 radical (unpaired) electrons. The molecule has 0 saturated carbocycles. The van der Waals surface area contributed by atoms with Gasteiger partial charge in [0.2, 0.25) is 0 Å². The van der Waals surface area contributed by atoms with Crippen LogP contribution in [0.4, 0.5) is 0 Å². The minimum atomic E-state index is -0.0788. The minimum absolute atomic E-state index is 0.0788. The summed E-state index contributed by atoms with van der Waals surface area (Å²) in [6.45, 7) is 7.18. The summed E-state index contributed by atoms with van der Waals surface area (Å²) in [5, 5.41) is 0. The molecule has 0 aliphatic heterocycles. The molecule has 0 aliphatic rings. The zero-order valence-corrected chi connectivity index (χ0v) is 10.5. The predicted molar refractivity (Wildman–Crippen MR) is 66.0 cm³/mol. The molecule has 0 saturated heterocycles. The number of hydrogen-bond donors (Lipinski definition) is 1. The summed E-state index contributed by atoms with van der Waals surface area (Å²) in [5.74, 6) is 0.907. The maximum Gasteiger partial charge on any atom is 0.134 e. The lowest BCUT2D eigenvalue weighted by Gasteiger charge is -2.19. The zero-order valence-electron chi connectivity index (χ0n) is 10.5. The van der Waals surface area contributed by atoms with Gasteiger partial charge in [0.15, 0.2) is 0 Å². The fraction of sp³-hybridized carbons (Fsp3) is 0.538. The fourth-order valence-corrected chi connectivity index (χ4v) is 1.64. The van der Waals surface area contributed by atoms with Crippen LogP contribution in [-0.4, -0.2) is 26.4 Å². The zero-order chi connectivity index (χ0) is 12.1. The first-order chi connectivity index (χ1) is 7.58. The predicted octanol–water partition coefficient (Wildman–Crippen LogP) is 1.96. The van der Waals surface area contributed by atoms with E-state index in [1.807, 2.05) is 6.07 Å². The Hall–Kier alpha value is -1.06. The van der Waals surface area contributed by atoms with Crippen LogP contribution in [0.15, 0.2) is 12.1 Å². The molecule has 3 heteroatoms. The smallest absolute Gasteiger partial charge is 0.134 e. The monoisotopic (exact) mass is 223 g/mol. The number of methoxy groups -OCH3 is 1. The van der Waals surface area contributed by atoms with Crippen molar-refractivity contribution < 1.29 is 9.47 Å². The molecular weight excluding hydrogens is 202 g/mol. The molecule has 2 N–H and O–H groups in total. The topological polar surface area (TPSA) is 44.5 Å². The van der Waals surface area contributed by atoms with Crippen molar-refractivity contribution in [2.75, 3.05) is 20.3 Å². The Morgan fingerprint density at radius 1 is 1.25 bits per heavy atom. The van der Waals surface area contributed by atoms with Gasteiger partial charge < -0.3 is 15.2 Å². The highest BCUT2D eigenvalue weighted by molar-refractivity contribution is 5.42. The summed E-state index contributed by atoms with van der Waals surface area (Å²) in [6, 6.07) is 4.19.